The fourth-order valence-corrected chi connectivity index (χ4v) is 2.63. The molecule has 3 rings (SSSR count). The maximum Gasteiger partial charge on any atom is 0.159 e. The molecular formula is C13H18N4. The second kappa shape index (κ2) is 4.45. The Morgan fingerprint density at radius 1 is 1.35 bits per heavy atom. The minimum absolute atomic E-state index is 0.628. The number of aromatic nitrogens is 3. The van der Waals surface area contributed by atoms with E-state index in [2.05, 4.69) is 26.5 Å². The van der Waals surface area contributed by atoms with Crippen LogP contribution in [0.2, 0.25) is 0 Å². The standard InChI is InChI=1S/C13H18N4/c1-16-8-3-2-5-11(16)9-17-10-15-12-6-4-7-14-13(12)17/h4,6-7,10-11H,2-3,5,8-9H2,1H3. The third kappa shape index (κ3) is 2.05. The van der Waals surface area contributed by atoms with Crippen molar-refractivity contribution in [2.24, 2.45) is 0 Å². The van der Waals surface area contributed by atoms with Gasteiger partial charge in [0.05, 0.1) is 6.33 Å². The summed E-state index contributed by atoms with van der Waals surface area (Å²) in [6.45, 7) is 2.22. The monoisotopic (exact) mass is 230 g/mol. The van der Waals surface area contributed by atoms with Gasteiger partial charge < -0.3 is 9.47 Å². The number of likely N-dealkylation sites (N-methyl/N-ethyl adjacent to an activating group) is 1. The maximum absolute atomic E-state index is 4.41. The van der Waals surface area contributed by atoms with Crippen molar-refractivity contribution in [1.29, 1.82) is 0 Å². The van der Waals surface area contributed by atoms with E-state index in [0.29, 0.717) is 6.04 Å². The fraction of sp³-hybridized carbons (Fsp3) is 0.538. The van der Waals surface area contributed by atoms with Crippen LogP contribution in [-0.4, -0.2) is 39.1 Å². The normalized spacial score (nSPS) is 22.1. The first kappa shape index (κ1) is 10.7. The molecule has 1 atom stereocenters. The second-order valence-corrected chi connectivity index (χ2v) is 4.87. The van der Waals surface area contributed by atoms with Gasteiger partial charge in [0.2, 0.25) is 0 Å². The number of nitrogens with zero attached hydrogens (tertiary/aromatic N) is 4. The Morgan fingerprint density at radius 3 is 3.18 bits per heavy atom. The number of imidazole rings is 1. The Labute approximate surface area is 101 Å². The van der Waals surface area contributed by atoms with Crippen LogP contribution >= 0.6 is 0 Å². The Morgan fingerprint density at radius 2 is 2.29 bits per heavy atom. The number of likely N-dealkylation sites (tertiary alicyclic amines) is 1. The van der Waals surface area contributed by atoms with Gasteiger partial charge in [0.1, 0.15) is 5.52 Å². The van der Waals surface area contributed by atoms with Crippen LogP contribution in [0.15, 0.2) is 24.7 Å². The number of fused-ring (bicyclic) bond motifs is 1. The van der Waals surface area contributed by atoms with Gasteiger partial charge in [-0.3, -0.25) is 0 Å². The highest BCUT2D eigenvalue weighted by molar-refractivity contribution is 5.69. The van der Waals surface area contributed by atoms with Gasteiger partial charge in [0.25, 0.3) is 0 Å². The molecule has 2 aromatic heterocycles. The lowest BCUT2D eigenvalue weighted by Gasteiger charge is -2.32. The third-order valence-electron chi connectivity index (χ3n) is 3.70. The molecule has 4 heteroatoms. The van der Waals surface area contributed by atoms with E-state index in [1.807, 2.05) is 24.7 Å². The first-order valence-electron chi connectivity index (χ1n) is 6.31. The number of hydrogen-bond donors (Lipinski definition) is 0. The van der Waals surface area contributed by atoms with Gasteiger partial charge in [-0.05, 0) is 38.6 Å². The Kier molecular flexibility index (Phi) is 2.81. The smallest absolute Gasteiger partial charge is 0.159 e. The molecule has 0 radical (unpaired) electrons. The summed E-state index contributed by atoms with van der Waals surface area (Å²) >= 11 is 0. The molecule has 90 valence electrons. The van der Waals surface area contributed by atoms with E-state index in [1.165, 1.54) is 25.8 Å². The highest BCUT2D eigenvalue weighted by Gasteiger charge is 2.19. The van der Waals surface area contributed by atoms with E-state index >= 15 is 0 Å². The number of hydrogen-bond acceptors (Lipinski definition) is 3. The molecule has 0 amide bonds. The van der Waals surface area contributed by atoms with Gasteiger partial charge in [-0.25, -0.2) is 9.97 Å². The predicted octanol–water partition coefficient (Wildman–Crippen LogP) is 1.92. The van der Waals surface area contributed by atoms with Crippen LogP contribution in [0.5, 0.6) is 0 Å². The van der Waals surface area contributed by atoms with Crippen molar-refractivity contribution in [2.45, 2.75) is 31.8 Å². The van der Waals surface area contributed by atoms with Crippen molar-refractivity contribution in [3.63, 3.8) is 0 Å². The van der Waals surface area contributed by atoms with E-state index in [9.17, 15) is 0 Å². The average Bonchev–Trinajstić information content (AvgIpc) is 2.76. The van der Waals surface area contributed by atoms with Gasteiger partial charge in [0, 0.05) is 18.8 Å². The summed E-state index contributed by atoms with van der Waals surface area (Å²) in [4.78, 5) is 11.3. The topological polar surface area (TPSA) is 34.0 Å². The average molecular weight is 230 g/mol. The van der Waals surface area contributed by atoms with E-state index in [1.54, 1.807) is 0 Å². The van der Waals surface area contributed by atoms with E-state index in [-0.39, 0.29) is 0 Å². The summed E-state index contributed by atoms with van der Waals surface area (Å²) in [6.07, 6.45) is 7.71. The molecule has 0 N–H and O–H groups in total. The van der Waals surface area contributed by atoms with Crippen LogP contribution in [0.4, 0.5) is 0 Å². The molecule has 4 nitrogen and oxygen atoms in total. The van der Waals surface area contributed by atoms with Crippen molar-refractivity contribution < 1.29 is 0 Å². The van der Waals surface area contributed by atoms with Gasteiger partial charge >= 0.3 is 0 Å². The molecule has 3 heterocycles. The Balaban J connectivity index is 1.84. The van der Waals surface area contributed by atoms with Crippen molar-refractivity contribution >= 4 is 11.2 Å². The first-order valence-corrected chi connectivity index (χ1v) is 6.31. The summed E-state index contributed by atoms with van der Waals surface area (Å²) in [5.41, 5.74) is 2.00. The van der Waals surface area contributed by atoms with Crippen LogP contribution < -0.4 is 0 Å². The zero-order chi connectivity index (χ0) is 11.7. The zero-order valence-corrected chi connectivity index (χ0v) is 10.2. The molecule has 0 spiro atoms. The SMILES string of the molecule is CN1CCCCC1Cn1cnc2cccnc21. The fourth-order valence-electron chi connectivity index (χ4n) is 2.63. The summed E-state index contributed by atoms with van der Waals surface area (Å²) in [7, 11) is 2.22. The van der Waals surface area contributed by atoms with Gasteiger partial charge in [0.15, 0.2) is 5.65 Å². The molecule has 2 aromatic rings. The molecule has 1 fully saturated rings. The molecule has 1 aliphatic heterocycles. The number of pyridine rings is 1. The molecule has 1 saturated heterocycles. The minimum Gasteiger partial charge on any atom is -0.314 e. The molecule has 0 aromatic carbocycles. The van der Waals surface area contributed by atoms with Crippen molar-refractivity contribution in [3.8, 4) is 0 Å². The van der Waals surface area contributed by atoms with Gasteiger partial charge in [-0.1, -0.05) is 6.42 Å². The lowest BCUT2D eigenvalue weighted by Crippen LogP contribution is -2.39. The largest absolute Gasteiger partial charge is 0.314 e. The minimum atomic E-state index is 0.628. The summed E-state index contributed by atoms with van der Waals surface area (Å²) in [5.74, 6) is 0. The van der Waals surface area contributed by atoms with E-state index in [4.69, 9.17) is 0 Å². The lowest BCUT2D eigenvalue weighted by atomic mass is 10.0. The predicted molar refractivity (Wildman–Crippen MR) is 67.8 cm³/mol. The molecule has 17 heavy (non-hydrogen) atoms. The van der Waals surface area contributed by atoms with Gasteiger partial charge in [-0.2, -0.15) is 0 Å². The maximum atomic E-state index is 4.41. The van der Waals surface area contributed by atoms with Gasteiger partial charge in [-0.15, -0.1) is 0 Å². The zero-order valence-electron chi connectivity index (χ0n) is 10.2. The Bertz CT molecular complexity index is 505. The molecule has 0 bridgehead atoms. The van der Waals surface area contributed by atoms with Crippen molar-refractivity contribution in [3.05, 3.63) is 24.7 Å². The van der Waals surface area contributed by atoms with Crippen LogP contribution in [0.25, 0.3) is 11.2 Å². The van der Waals surface area contributed by atoms with Crippen LogP contribution in [0.1, 0.15) is 19.3 Å². The molecule has 0 aliphatic carbocycles. The summed E-state index contributed by atoms with van der Waals surface area (Å²) < 4.78 is 2.18. The lowest BCUT2D eigenvalue weighted by molar-refractivity contribution is 0.168. The highest BCUT2D eigenvalue weighted by Crippen LogP contribution is 2.18. The highest BCUT2D eigenvalue weighted by atomic mass is 15.2. The summed E-state index contributed by atoms with van der Waals surface area (Å²) in [5, 5.41) is 0. The van der Waals surface area contributed by atoms with Crippen LogP contribution in [-0.2, 0) is 6.54 Å². The third-order valence-corrected chi connectivity index (χ3v) is 3.70. The number of piperidine rings is 1. The van der Waals surface area contributed by atoms with Crippen molar-refractivity contribution in [2.75, 3.05) is 13.6 Å². The summed E-state index contributed by atoms with van der Waals surface area (Å²) in [6, 6.07) is 4.58. The van der Waals surface area contributed by atoms with Crippen molar-refractivity contribution in [1.82, 2.24) is 19.4 Å². The van der Waals surface area contributed by atoms with E-state index in [0.717, 1.165) is 17.7 Å². The number of rotatable bonds is 2. The molecule has 1 unspecified atom stereocenters. The molecule has 0 saturated carbocycles. The molecule has 1 aliphatic rings. The molecular weight excluding hydrogens is 212 g/mol. The first-order chi connectivity index (χ1) is 8.34. The quantitative estimate of drug-likeness (QED) is 0.790. The van der Waals surface area contributed by atoms with Crippen LogP contribution in [0.3, 0.4) is 0 Å². The Hall–Kier alpha value is -1.42. The van der Waals surface area contributed by atoms with E-state index < -0.39 is 0 Å². The second-order valence-electron chi connectivity index (χ2n) is 4.87. The van der Waals surface area contributed by atoms with Crippen LogP contribution in [0, 0.1) is 0 Å².